The van der Waals surface area contributed by atoms with Crippen LogP contribution in [-0.4, -0.2) is 68.0 Å². The lowest BCUT2D eigenvalue weighted by Crippen LogP contribution is -2.44. The summed E-state index contributed by atoms with van der Waals surface area (Å²) in [6, 6.07) is 0.596. The number of halogens is 3. The SMILES string of the molecule is FC(F)(F)COCCN1CCCN2CCCCC2C1. The van der Waals surface area contributed by atoms with Crippen molar-refractivity contribution in [3.05, 3.63) is 0 Å². The molecular weight excluding hydrogens is 257 g/mol. The standard InChI is InChI=1S/C13H23F3N2O/c14-13(15,16)11-19-9-8-17-5-3-7-18-6-2-1-4-12(18)10-17/h12H,1-11H2. The first kappa shape index (κ1) is 15.1. The third-order valence-corrected chi connectivity index (χ3v) is 3.96. The van der Waals surface area contributed by atoms with E-state index in [0.717, 1.165) is 26.1 Å². The van der Waals surface area contributed by atoms with Crippen LogP contribution in [0.2, 0.25) is 0 Å². The fourth-order valence-electron chi connectivity index (χ4n) is 3.03. The van der Waals surface area contributed by atoms with Crippen molar-refractivity contribution in [1.29, 1.82) is 0 Å². The summed E-state index contributed by atoms with van der Waals surface area (Å²) in [6.07, 6.45) is 0.680. The highest BCUT2D eigenvalue weighted by atomic mass is 19.4. The fourth-order valence-corrected chi connectivity index (χ4v) is 3.03. The molecule has 0 amide bonds. The second-order valence-electron chi connectivity index (χ2n) is 5.51. The number of alkyl halides is 3. The summed E-state index contributed by atoms with van der Waals surface area (Å²) in [5.74, 6) is 0. The molecule has 2 fully saturated rings. The van der Waals surface area contributed by atoms with Gasteiger partial charge >= 0.3 is 6.18 Å². The number of nitrogens with zero attached hydrogens (tertiary/aromatic N) is 2. The summed E-state index contributed by atoms with van der Waals surface area (Å²) in [5, 5.41) is 0. The second-order valence-corrected chi connectivity index (χ2v) is 5.51. The maximum atomic E-state index is 12.0. The van der Waals surface area contributed by atoms with Crippen molar-refractivity contribution >= 4 is 0 Å². The van der Waals surface area contributed by atoms with Crippen LogP contribution >= 0.6 is 0 Å². The van der Waals surface area contributed by atoms with Crippen LogP contribution in [0.3, 0.4) is 0 Å². The Morgan fingerprint density at radius 2 is 1.84 bits per heavy atom. The topological polar surface area (TPSA) is 15.7 Å². The minimum absolute atomic E-state index is 0.173. The molecule has 2 saturated heterocycles. The molecule has 6 heteroatoms. The van der Waals surface area contributed by atoms with Gasteiger partial charge in [0, 0.05) is 19.1 Å². The molecular formula is C13H23F3N2O. The van der Waals surface area contributed by atoms with Crippen LogP contribution in [0.5, 0.6) is 0 Å². The summed E-state index contributed by atoms with van der Waals surface area (Å²) in [4.78, 5) is 4.80. The van der Waals surface area contributed by atoms with Crippen molar-refractivity contribution in [1.82, 2.24) is 9.80 Å². The Bertz CT molecular complexity index is 273. The smallest absolute Gasteiger partial charge is 0.371 e. The summed E-state index contributed by atoms with van der Waals surface area (Å²) in [5.41, 5.74) is 0. The predicted octanol–water partition coefficient (Wildman–Crippen LogP) is 2.13. The van der Waals surface area contributed by atoms with E-state index in [1.807, 2.05) is 0 Å². The van der Waals surface area contributed by atoms with Gasteiger partial charge in [-0.2, -0.15) is 13.2 Å². The van der Waals surface area contributed by atoms with Crippen LogP contribution in [0.25, 0.3) is 0 Å². The molecule has 3 nitrogen and oxygen atoms in total. The number of fused-ring (bicyclic) bond motifs is 1. The maximum Gasteiger partial charge on any atom is 0.411 e. The van der Waals surface area contributed by atoms with Crippen molar-refractivity contribution in [2.75, 3.05) is 45.9 Å². The van der Waals surface area contributed by atoms with Gasteiger partial charge in [-0.05, 0) is 38.9 Å². The van der Waals surface area contributed by atoms with Gasteiger partial charge in [0.1, 0.15) is 6.61 Å². The van der Waals surface area contributed by atoms with Gasteiger partial charge in [0.25, 0.3) is 0 Å². The molecule has 0 aromatic heterocycles. The number of piperidine rings is 1. The normalized spacial score (nSPS) is 27.0. The summed E-state index contributed by atoms with van der Waals surface area (Å²) >= 11 is 0. The molecule has 19 heavy (non-hydrogen) atoms. The van der Waals surface area contributed by atoms with Crippen molar-refractivity contribution in [3.63, 3.8) is 0 Å². The quantitative estimate of drug-likeness (QED) is 0.734. The highest BCUT2D eigenvalue weighted by Crippen LogP contribution is 2.21. The van der Waals surface area contributed by atoms with Crippen molar-refractivity contribution < 1.29 is 17.9 Å². The molecule has 2 aliphatic rings. The summed E-state index contributed by atoms with van der Waals surface area (Å²) in [6.45, 7) is 3.93. The number of hydrogen-bond acceptors (Lipinski definition) is 3. The van der Waals surface area contributed by atoms with Crippen LogP contribution in [-0.2, 0) is 4.74 Å². The second kappa shape index (κ2) is 6.90. The van der Waals surface area contributed by atoms with E-state index in [0.29, 0.717) is 12.6 Å². The molecule has 0 aromatic rings. The average Bonchev–Trinajstić information content (AvgIpc) is 2.55. The van der Waals surface area contributed by atoms with Crippen molar-refractivity contribution in [2.45, 2.75) is 37.9 Å². The lowest BCUT2D eigenvalue weighted by molar-refractivity contribution is -0.174. The van der Waals surface area contributed by atoms with Gasteiger partial charge < -0.3 is 4.74 Å². The third-order valence-electron chi connectivity index (χ3n) is 3.96. The van der Waals surface area contributed by atoms with Gasteiger partial charge in [-0.15, -0.1) is 0 Å². The van der Waals surface area contributed by atoms with Gasteiger partial charge in [0.15, 0.2) is 0 Å². The Labute approximate surface area is 112 Å². The van der Waals surface area contributed by atoms with E-state index in [1.54, 1.807) is 0 Å². The highest BCUT2D eigenvalue weighted by Gasteiger charge is 2.28. The van der Waals surface area contributed by atoms with E-state index in [9.17, 15) is 13.2 Å². The molecule has 1 unspecified atom stereocenters. The molecule has 112 valence electrons. The van der Waals surface area contributed by atoms with Gasteiger partial charge in [-0.3, -0.25) is 9.80 Å². The van der Waals surface area contributed by atoms with Crippen LogP contribution in [0.4, 0.5) is 13.2 Å². The first-order valence-electron chi connectivity index (χ1n) is 7.15. The largest absolute Gasteiger partial charge is 0.411 e. The van der Waals surface area contributed by atoms with E-state index in [2.05, 4.69) is 9.80 Å². The molecule has 0 radical (unpaired) electrons. The number of hydrogen-bond donors (Lipinski definition) is 0. The van der Waals surface area contributed by atoms with Gasteiger partial charge in [0.05, 0.1) is 6.61 Å². The molecule has 0 aliphatic carbocycles. The summed E-state index contributed by atoms with van der Waals surface area (Å²) < 4.78 is 40.6. The molecule has 0 bridgehead atoms. The van der Waals surface area contributed by atoms with E-state index in [1.165, 1.54) is 25.8 Å². The first-order chi connectivity index (χ1) is 9.04. The molecule has 2 rings (SSSR count). The summed E-state index contributed by atoms with van der Waals surface area (Å²) in [7, 11) is 0. The molecule has 2 heterocycles. The van der Waals surface area contributed by atoms with Crippen LogP contribution < -0.4 is 0 Å². The minimum Gasteiger partial charge on any atom is -0.371 e. The lowest BCUT2D eigenvalue weighted by atomic mass is 10.0. The van der Waals surface area contributed by atoms with Crippen LogP contribution in [0.15, 0.2) is 0 Å². The zero-order valence-electron chi connectivity index (χ0n) is 11.3. The van der Waals surface area contributed by atoms with E-state index < -0.39 is 12.8 Å². The average molecular weight is 280 g/mol. The Kier molecular flexibility index (Phi) is 5.47. The number of rotatable bonds is 4. The lowest BCUT2D eigenvalue weighted by Gasteiger charge is -2.35. The fraction of sp³-hybridized carbons (Fsp3) is 1.00. The molecule has 0 spiro atoms. The zero-order chi connectivity index (χ0) is 13.7. The van der Waals surface area contributed by atoms with Crippen molar-refractivity contribution in [2.24, 2.45) is 0 Å². The van der Waals surface area contributed by atoms with Crippen LogP contribution in [0.1, 0.15) is 25.7 Å². The highest BCUT2D eigenvalue weighted by molar-refractivity contribution is 4.83. The minimum atomic E-state index is -4.21. The predicted molar refractivity (Wildman–Crippen MR) is 67.1 cm³/mol. The monoisotopic (exact) mass is 280 g/mol. The molecule has 1 atom stereocenters. The Morgan fingerprint density at radius 1 is 1.05 bits per heavy atom. The van der Waals surface area contributed by atoms with Crippen LogP contribution in [0, 0.1) is 0 Å². The maximum absolute atomic E-state index is 12.0. The Balaban J connectivity index is 1.69. The molecule has 0 N–H and O–H groups in total. The van der Waals surface area contributed by atoms with Gasteiger partial charge in [0.2, 0.25) is 0 Å². The van der Waals surface area contributed by atoms with E-state index in [-0.39, 0.29) is 6.61 Å². The first-order valence-corrected chi connectivity index (χ1v) is 7.15. The van der Waals surface area contributed by atoms with Gasteiger partial charge in [-0.25, -0.2) is 0 Å². The van der Waals surface area contributed by atoms with Crippen molar-refractivity contribution in [3.8, 4) is 0 Å². The van der Waals surface area contributed by atoms with Gasteiger partial charge in [-0.1, -0.05) is 6.42 Å². The van der Waals surface area contributed by atoms with E-state index >= 15 is 0 Å². The third kappa shape index (κ3) is 5.28. The zero-order valence-corrected chi connectivity index (χ0v) is 11.3. The Hall–Kier alpha value is -0.330. The molecule has 0 saturated carbocycles. The molecule has 0 aromatic carbocycles. The number of ether oxygens (including phenoxy) is 1. The molecule has 2 aliphatic heterocycles. The van der Waals surface area contributed by atoms with E-state index in [4.69, 9.17) is 4.74 Å². The Morgan fingerprint density at radius 3 is 2.63 bits per heavy atom.